The van der Waals surface area contributed by atoms with E-state index in [4.69, 9.17) is 5.73 Å². The number of hydrogen-bond donors (Lipinski definition) is 4. The molecule has 0 unspecified atom stereocenters. The highest BCUT2D eigenvalue weighted by Gasteiger charge is 2.30. The van der Waals surface area contributed by atoms with Crippen molar-refractivity contribution in [3.05, 3.63) is 64.8 Å². The number of rotatable bonds is 7. The first-order valence-corrected chi connectivity index (χ1v) is 10.7. The van der Waals surface area contributed by atoms with E-state index in [0.29, 0.717) is 35.8 Å². The summed E-state index contributed by atoms with van der Waals surface area (Å²) in [5.74, 6) is -0.0479. The molecule has 2 aromatic carbocycles. The van der Waals surface area contributed by atoms with E-state index in [2.05, 4.69) is 15.6 Å². The van der Waals surface area contributed by atoms with Crippen molar-refractivity contribution in [3.63, 3.8) is 0 Å². The van der Waals surface area contributed by atoms with Crippen LogP contribution < -0.4 is 16.4 Å². The molecule has 6 nitrogen and oxygen atoms in total. The molecule has 1 aliphatic heterocycles. The molecule has 2 heterocycles. The van der Waals surface area contributed by atoms with E-state index < -0.39 is 11.7 Å². The SMILES string of the molecule is N[C@@H](CNc1nc(CO)c(-c2ccc3c(c2)CC(=O)N3)s1)Cc1ccc(C(F)(F)F)cc1. The van der Waals surface area contributed by atoms with E-state index in [1.54, 1.807) is 0 Å². The summed E-state index contributed by atoms with van der Waals surface area (Å²) in [6.45, 7) is 0.126. The lowest BCUT2D eigenvalue weighted by molar-refractivity contribution is -0.137. The Kier molecular flexibility index (Phi) is 6.18. The Labute approximate surface area is 186 Å². The van der Waals surface area contributed by atoms with Crippen LogP contribution in [0.5, 0.6) is 0 Å². The predicted molar refractivity (Wildman–Crippen MR) is 117 cm³/mol. The smallest absolute Gasteiger partial charge is 0.390 e. The Morgan fingerprint density at radius 2 is 1.97 bits per heavy atom. The monoisotopic (exact) mass is 462 g/mol. The summed E-state index contributed by atoms with van der Waals surface area (Å²) in [4.78, 5) is 16.8. The number of benzene rings is 2. The van der Waals surface area contributed by atoms with Gasteiger partial charge in [0, 0.05) is 18.3 Å². The van der Waals surface area contributed by atoms with Crippen LogP contribution in [-0.2, 0) is 30.4 Å². The summed E-state index contributed by atoms with van der Waals surface area (Å²) >= 11 is 1.37. The fraction of sp³-hybridized carbons (Fsp3) is 0.273. The van der Waals surface area contributed by atoms with Crippen LogP contribution >= 0.6 is 11.3 Å². The number of alkyl halides is 3. The van der Waals surface area contributed by atoms with Crippen LogP contribution in [0.4, 0.5) is 24.0 Å². The van der Waals surface area contributed by atoms with Gasteiger partial charge in [-0.3, -0.25) is 4.79 Å². The molecule has 0 radical (unpaired) electrons. The van der Waals surface area contributed by atoms with Gasteiger partial charge in [-0.15, -0.1) is 0 Å². The van der Waals surface area contributed by atoms with Gasteiger partial charge < -0.3 is 21.5 Å². The number of nitrogens with zero attached hydrogens (tertiary/aromatic N) is 1. The number of anilines is 2. The maximum absolute atomic E-state index is 12.7. The summed E-state index contributed by atoms with van der Waals surface area (Å²) in [7, 11) is 0. The zero-order valence-electron chi connectivity index (χ0n) is 16.9. The van der Waals surface area contributed by atoms with Crippen molar-refractivity contribution in [1.82, 2.24) is 4.98 Å². The minimum absolute atomic E-state index is 0.0479. The topological polar surface area (TPSA) is 100 Å². The number of hydrogen-bond acceptors (Lipinski definition) is 6. The van der Waals surface area contributed by atoms with Crippen LogP contribution in [0.2, 0.25) is 0 Å². The number of aliphatic hydroxyl groups excluding tert-OH is 1. The maximum Gasteiger partial charge on any atom is 0.416 e. The third-order valence-electron chi connectivity index (χ3n) is 5.13. The Morgan fingerprint density at radius 1 is 1.22 bits per heavy atom. The zero-order chi connectivity index (χ0) is 22.9. The summed E-state index contributed by atoms with van der Waals surface area (Å²) in [6, 6.07) is 10.3. The number of carbonyl (C=O) groups excluding carboxylic acids is 1. The van der Waals surface area contributed by atoms with Gasteiger partial charge in [-0.05, 0) is 47.4 Å². The normalized spacial score (nSPS) is 14.2. The molecule has 1 aliphatic rings. The number of nitrogens with one attached hydrogen (secondary N) is 2. The van der Waals surface area contributed by atoms with E-state index in [1.165, 1.54) is 23.5 Å². The van der Waals surface area contributed by atoms with Gasteiger partial charge in [0.15, 0.2) is 5.13 Å². The number of fused-ring (bicyclic) bond motifs is 1. The summed E-state index contributed by atoms with van der Waals surface area (Å²) in [6.07, 6.45) is -3.64. The first-order chi connectivity index (χ1) is 15.2. The Morgan fingerprint density at radius 3 is 2.66 bits per heavy atom. The van der Waals surface area contributed by atoms with Gasteiger partial charge in [0.25, 0.3) is 0 Å². The van der Waals surface area contributed by atoms with E-state index >= 15 is 0 Å². The Balaban J connectivity index is 1.40. The fourth-order valence-corrected chi connectivity index (χ4v) is 4.53. The molecule has 3 aromatic rings. The largest absolute Gasteiger partial charge is 0.416 e. The number of aromatic nitrogens is 1. The molecule has 1 aromatic heterocycles. The lowest BCUT2D eigenvalue weighted by Gasteiger charge is -2.13. The van der Waals surface area contributed by atoms with Crippen molar-refractivity contribution in [3.8, 4) is 10.4 Å². The number of nitrogens with two attached hydrogens (primary N) is 1. The fourth-order valence-electron chi connectivity index (χ4n) is 3.55. The molecule has 0 spiro atoms. The first kappa shape index (κ1) is 22.3. The molecule has 5 N–H and O–H groups in total. The second-order valence-corrected chi connectivity index (χ2v) is 8.59. The van der Waals surface area contributed by atoms with Gasteiger partial charge in [0.1, 0.15) is 0 Å². The van der Waals surface area contributed by atoms with Gasteiger partial charge in [-0.2, -0.15) is 13.2 Å². The van der Waals surface area contributed by atoms with E-state index in [-0.39, 0.29) is 18.6 Å². The molecule has 0 bridgehead atoms. The van der Waals surface area contributed by atoms with E-state index in [0.717, 1.165) is 33.8 Å². The summed E-state index contributed by atoms with van der Waals surface area (Å²) in [5.41, 5.74) is 9.25. The second-order valence-electron chi connectivity index (χ2n) is 7.59. The van der Waals surface area contributed by atoms with Crippen LogP contribution in [-0.4, -0.2) is 28.6 Å². The van der Waals surface area contributed by atoms with Crippen molar-refractivity contribution < 1.29 is 23.1 Å². The molecular formula is C22H21F3N4O2S. The van der Waals surface area contributed by atoms with Gasteiger partial charge >= 0.3 is 6.18 Å². The molecule has 0 fully saturated rings. The number of amides is 1. The van der Waals surface area contributed by atoms with Gasteiger partial charge in [-0.1, -0.05) is 29.5 Å². The first-order valence-electron chi connectivity index (χ1n) is 9.92. The quantitative estimate of drug-likeness (QED) is 0.428. The average molecular weight is 462 g/mol. The van der Waals surface area contributed by atoms with Crippen molar-refractivity contribution in [2.45, 2.75) is 31.7 Å². The molecule has 1 amide bonds. The number of aliphatic hydroxyl groups is 1. The molecule has 0 aliphatic carbocycles. The van der Waals surface area contributed by atoms with Crippen molar-refractivity contribution in [2.24, 2.45) is 5.73 Å². The minimum Gasteiger partial charge on any atom is -0.390 e. The molecule has 1 atom stereocenters. The molecule has 10 heteroatoms. The van der Waals surface area contributed by atoms with E-state index in [1.807, 2.05) is 18.2 Å². The standard InChI is InChI=1S/C22H21F3N4O2S/c23-22(24,25)15-4-1-12(2-5-15)7-16(26)10-27-21-29-18(11-30)20(32-21)13-3-6-17-14(8-13)9-19(31)28-17/h1-6,8,16,30H,7,9-11,26H2,(H,27,29)(H,28,31)/t16-/m1/s1. The summed E-state index contributed by atoms with van der Waals surface area (Å²) < 4.78 is 38.0. The predicted octanol–water partition coefficient (Wildman–Crippen LogP) is 3.80. The van der Waals surface area contributed by atoms with Crippen LogP contribution in [0, 0.1) is 0 Å². The maximum atomic E-state index is 12.7. The third-order valence-corrected chi connectivity index (χ3v) is 6.24. The van der Waals surface area contributed by atoms with E-state index in [9.17, 15) is 23.1 Å². The molecule has 32 heavy (non-hydrogen) atoms. The van der Waals surface area contributed by atoms with Crippen LogP contribution in [0.25, 0.3) is 10.4 Å². The van der Waals surface area contributed by atoms with Crippen LogP contribution in [0.3, 0.4) is 0 Å². The highest BCUT2D eigenvalue weighted by molar-refractivity contribution is 7.19. The molecule has 0 saturated carbocycles. The van der Waals surface area contributed by atoms with Crippen molar-refractivity contribution >= 4 is 28.1 Å². The highest BCUT2D eigenvalue weighted by atomic mass is 32.1. The minimum atomic E-state index is -4.36. The van der Waals surface area contributed by atoms with Gasteiger partial charge in [0.05, 0.1) is 29.2 Å². The van der Waals surface area contributed by atoms with Crippen molar-refractivity contribution in [2.75, 3.05) is 17.2 Å². The van der Waals surface area contributed by atoms with Gasteiger partial charge in [0.2, 0.25) is 5.91 Å². The van der Waals surface area contributed by atoms with Crippen molar-refractivity contribution in [1.29, 1.82) is 0 Å². The highest BCUT2D eigenvalue weighted by Crippen LogP contribution is 2.36. The lowest BCUT2D eigenvalue weighted by Crippen LogP contribution is -2.31. The molecule has 4 rings (SSSR count). The number of thiazole rings is 1. The third kappa shape index (κ3) is 4.93. The van der Waals surface area contributed by atoms with Crippen LogP contribution in [0.1, 0.15) is 22.4 Å². The molecule has 168 valence electrons. The zero-order valence-corrected chi connectivity index (χ0v) is 17.7. The Hall–Kier alpha value is -2.95. The van der Waals surface area contributed by atoms with Gasteiger partial charge in [-0.25, -0.2) is 4.98 Å². The molecular weight excluding hydrogens is 441 g/mol. The number of carbonyl (C=O) groups is 1. The second kappa shape index (κ2) is 8.89. The Bertz CT molecular complexity index is 1130. The summed E-state index contributed by atoms with van der Waals surface area (Å²) in [5, 5.41) is 16.3. The molecule has 0 saturated heterocycles. The lowest BCUT2D eigenvalue weighted by atomic mass is 10.0. The number of halogens is 3. The average Bonchev–Trinajstić information content (AvgIpc) is 3.33. The van der Waals surface area contributed by atoms with Crippen LogP contribution in [0.15, 0.2) is 42.5 Å².